The number of methoxy groups -OCH3 is 1. The molecular weight excluding hydrogens is 360 g/mol. The zero-order valence-corrected chi connectivity index (χ0v) is 14.0. The lowest BCUT2D eigenvalue weighted by molar-refractivity contribution is -0.141. The number of aromatic nitrogens is 1. The zero-order chi connectivity index (χ0) is 15.4. The van der Waals surface area contributed by atoms with Gasteiger partial charge in [-0.25, -0.2) is 4.98 Å². The number of pyridine rings is 1. The van der Waals surface area contributed by atoms with Crippen LogP contribution in [0, 0.1) is 0 Å². The first-order valence-corrected chi connectivity index (χ1v) is 7.89. The van der Waals surface area contributed by atoms with Crippen molar-refractivity contribution in [2.24, 2.45) is 0 Å². The normalized spacial score (nSPS) is 15.0. The summed E-state index contributed by atoms with van der Waals surface area (Å²) >= 11 is 9.29. The van der Waals surface area contributed by atoms with Crippen molar-refractivity contribution >= 4 is 39.4 Å². The molecule has 0 bridgehead atoms. The molecule has 1 amide bonds. The lowest BCUT2D eigenvalue weighted by atomic mass is 10.1. The average molecular weight is 376 g/mol. The van der Waals surface area contributed by atoms with E-state index in [1.165, 1.54) is 13.3 Å². The third kappa shape index (κ3) is 3.95. The van der Waals surface area contributed by atoms with Gasteiger partial charge in [0.15, 0.2) is 0 Å². The van der Waals surface area contributed by atoms with Gasteiger partial charge in [-0.1, -0.05) is 24.4 Å². The van der Waals surface area contributed by atoms with Gasteiger partial charge in [-0.3, -0.25) is 9.59 Å². The summed E-state index contributed by atoms with van der Waals surface area (Å²) in [6, 6.07) is 1.67. The summed E-state index contributed by atoms with van der Waals surface area (Å²) in [6.07, 6.45) is 5.42. The van der Waals surface area contributed by atoms with Gasteiger partial charge < -0.3 is 9.64 Å². The lowest BCUT2D eigenvalue weighted by Crippen LogP contribution is -2.42. The Hall–Kier alpha value is -1.14. The first-order chi connectivity index (χ1) is 10.0. The molecule has 1 fully saturated rings. The van der Waals surface area contributed by atoms with Crippen LogP contribution in [0.1, 0.15) is 36.0 Å². The molecule has 0 atom stereocenters. The van der Waals surface area contributed by atoms with Crippen molar-refractivity contribution in [2.45, 2.75) is 31.7 Å². The van der Waals surface area contributed by atoms with E-state index in [1.54, 1.807) is 11.0 Å². The molecule has 1 aromatic rings. The SMILES string of the molecule is COC(=O)CN(C(=O)c1cc(Br)cnc1Cl)C1CCCC1. The van der Waals surface area contributed by atoms with E-state index >= 15 is 0 Å². The maximum Gasteiger partial charge on any atom is 0.325 e. The molecule has 114 valence electrons. The molecule has 0 spiro atoms. The predicted octanol–water partition coefficient (Wildman–Crippen LogP) is 3.06. The number of carbonyl (C=O) groups is 2. The zero-order valence-electron chi connectivity index (χ0n) is 11.6. The van der Waals surface area contributed by atoms with E-state index in [4.69, 9.17) is 11.6 Å². The highest BCUT2D eigenvalue weighted by atomic mass is 79.9. The van der Waals surface area contributed by atoms with Crippen molar-refractivity contribution in [2.75, 3.05) is 13.7 Å². The van der Waals surface area contributed by atoms with Gasteiger partial charge in [0.1, 0.15) is 11.7 Å². The van der Waals surface area contributed by atoms with Crippen LogP contribution in [0.5, 0.6) is 0 Å². The van der Waals surface area contributed by atoms with Gasteiger partial charge in [0.05, 0.1) is 12.7 Å². The number of hydrogen-bond donors (Lipinski definition) is 0. The van der Waals surface area contributed by atoms with Crippen LogP contribution in [-0.4, -0.2) is 41.5 Å². The van der Waals surface area contributed by atoms with E-state index in [0.717, 1.165) is 25.7 Å². The predicted molar refractivity (Wildman–Crippen MR) is 82.3 cm³/mol. The molecule has 2 rings (SSSR count). The number of esters is 1. The average Bonchev–Trinajstić information content (AvgIpc) is 3.00. The van der Waals surface area contributed by atoms with Gasteiger partial charge in [0.2, 0.25) is 0 Å². The van der Waals surface area contributed by atoms with Crippen molar-refractivity contribution in [3.63, 3.8) is 0 Å². The highest BCUT2D eigenvalue weighted by molar-refractivity contribution is 9.10. The molecule has 21 heavy (non-hydrogen) atoms. The Kier molecular flexibility index (Phi) is 5.58. The highest BCUT2D eigenvalue weighted by Crippen LogP contribution is 2.27. The first-order valence-electron chi connectivity index (χ1n) is 6.71. The molecule has 1 aliphatic carbocycles. The van der Waals surface area contributed by atoms with E-state index in [9.17, 15) is 9.59 Å². The molecule has 5 nitrogen and oxygen atoms in total. The molecule has 1 heterocycles. The number of rotatable bonds is 4. The van der Waals surface area contributed by atoms with Crippen molar-refractivity contribution < 1.29 is 14.3 Å². The molecule has 1 saturated carbocycles. The number of hydrogen-bond acceptors (Lipinski definition) is 4. The van der Waals surface area contributed by atoms with Crippen molar-refractivity contribution in [1.82, 2.24) is 9.88 Å². The maximum atomic E-state index is 12.7. The highest BCUT2D eigenvalue weighted by Gasteiger charge is 2.30. The standard InChI is InChI=1S/C14H16BrClN2O3/c1-21-12(19)8-18(10-4-2-3-5-10)14(20)11-6-9(15)7-17-13(11)16/h6-7,10H,2-5,8H2,1H3. The Bertz CT molecular complexity index is 547. The third-order valence-corrected chi connectivity index (χ3v) is 4.32. The topological polar surface area (TPSA) is 59.5 Å². The van der Waals surface area contributed by atoms with Crippen LogP contribution >= 0.6 is 27.5 Å². The van der Waals surface area contributed by atoms with Gasteiger partial charge in [-0.05, 0) is 34.8 Å². The lowest BCUT2D eigenvalue weighted by Gasteiger charge is -2.28. The summed E-state index contributed by atoms with van der Waals surface area (Å²) < 4.78 is 5.36. The van der Waals surface area contributed by atoms with Gasteiger partial charge >= 0.3 is 5.97 Å². The molecule has 0 aromatic carbocycles. The Morgan fingerprint density at radius 1 is 1.48 bits per heavy atom. The molecule has 1 aromatic heterocycles. The number of carbonyl (C=O) groups excluding carboxylic acids is 2. The van der Waals surface area contributed by atoms with Crippen LogP contribution in [0.15, 0.2) is 16.7 Å². The number of nitrogens with zero attached hydrogens (tertiary/aromatic N) is 2. The van der Waals surface area contributed by atoms with Crippen LogP contribution < -0.4 is 0 Å². The molecule has 0 N–H and O–H groups in total. The summed E-state index contributed by atoms with van der Waals surface area (Å²) in [7, 11) is 1.31. The molecule has 0 aliphatic heterocycles. The summed E-state index contributed by atoms with van der Waals surface area (Å²) in [4.78, 5) is 29.8. The second kappa shape index (κ2) is 7.22. The van der Waals surface area contributed by atoms with Crippen molar-refractivity contribution in [1.29, 1.82) is 0 Å². The van der Waals surface area contributed by atoms with E-state index in [1.807, 2.05) is 0 Å². The Balaban J connectivity index is 2.28. The molecule has 0 saturated heterocycles. The maximum absolute atomic E-state index is 12.7. The van der Waals surface area contributed by atoms with Gasteiger partial charge in [0.25, 0.3) is 5.91 Å². The summed E-state index contributed by atoms with van der Waals surface area (Å²) in [5.41, 5.74) is 0.293. The molecule has 7 heteroatoms. The van der Waals surface area contributed by atoms with Gasteiger partial charge in [-0.15, -0.1) is 0 Å². The first kappa shape index (κ1) is 16.2. The quantitative estimate of drug-likeness (QED) is 0.599. The molecule has 0 radical (unpaired) electrons. The van der Waals surface area contributed by atoms with Crippen LogP contribution in [0.2, 0.25) is 5.15 Å². The Labute approximate surface area is 136 Å². The van der Waals surface area contributed by atoms with Crippen LogP contribution in [0.25, 0.3) is 0 Å². The van der Waals surface area contributed by atoms with Gasteiger partial charge in [-0.2, -0.15) is 0 Å². The number of amides is 1. The fourth-order valence-electron chi connectivity index (χ4n) is 2.51. The molecular formula is C14H16BrClN2O3. The second-order valence-corrected chi connectivity index (χ2v) is 6.21. The third-order valence-electron chi connectivity index (χ3n) is 3.59. The van der Waals surface area contributed by atoms with Crippen molar-refractivity contribution in [3.05, 3.63) is 27.5 Å². The minimum absolute atomic E-state index is 0.0478. The smallest absolute Gasteiger partial charge is 0.325 e. The number of halogens is 2. The monoisotopic (exact) mass is 374 g/mol. The number of ether oxygens (including phenoxy) is 1. The van der Waals surface area contributed by atoms with E-state index in [2.05, 4.69) is 25.7 Å². The minimum atomic E-state index is -0.436. The fourth-order valence-corrected chi connectivity index (χ4v) is 3.03. The molecule has 1 aliphatic rings. The summed E-state index contributed by atoms with van der Waals surface area (Å²) in [5, 5.41) is 0.135. The van der Waals surface area contributed by atoms with Gasteiger partial charge in [0, 0.05) is 16.7 Å². The molecule has 0 unspecified atom stereocenters. The Morgan fingerprint density at radius 3 is 2.76 bits per heavy atom. The fraction of sp³-hybridized carbons (Fsp3) is 0.500. The minimum Gasteiger partial charge on any atom is -0.468 e. The van der Waals surface area contributed by atoms with Crippen LogP contribution in [-0.2, 0) is 9.53 Å². The van der Waals surface area contributed by atoms with Crippen LogP contribution in [0.3, 0.4) is 0 Å². The largest absolute Gasteiger partial charge is 0.468 e. The Morgan fingerprint density at radius 2 is 2.14 bits per heavy atom. The van der Waals surface area contributed by atoms with Crippen LogP contribution in [0.4, 0.5) is 0 Å². The summed E-state index contributed by atoms with van der Waals surface area (Å²) in [6.45, 7) is -0.0666. The van der Waals surface area contributed by atoms with E-state index in [-0.39, 0.29) is 23.6 Å². The summed E-state index contributed by atoms with van der Waals surface area (Å²) in [5.74, 6) is -0.722. The van der Waals surface area contributed by atoms with E-state index < -0.39 is 5.97 Å². The second-order valence-electron chi connectivity index (χ2n) is 4.94. The van der Waals surface area contributed by atoms with E-state index in [0.29, 0.717) is 10.0 Å². The van der Waals surface area contributed by atoms with Crippen molar-refractivity contribution in [3.8, 4) is 0 Å².